The molecule has 2 aromatic rings. The molecule has 22 heavy (non-hydrogen) atoms. The average molecular weight is 297 g/mol. The number of fused-ring (bicyclic) bond motifs is 1. The molecule has 0 aliphatic heterocycles. The van der Waals surface area contributed by atoms with E-state index in [1.165, 1.54) is 0 Å². The largest absolute Gasteiger partial charge is 0.508 e. The van der Waals surface area contributed by atoms with E-state index in [9.17, 15) is 9.90 Å². The molecular weight excluding hydrogens is 278 g/mol. The molecule has 5 heteroatoms. The van der Waals surface area contributed by atoms with Crippen molar-refractivity contribution in [2.75, 3.05) is 0 Å². The minimum atomic E-state index is -0.140. The van der Waals surface area contributed by atoms with E-state index in [4.69, 9.17) is 5.73 Å². The highest BCUT2D eigenvalue weighted by Gasteiger charge is 2.24. The lowest BCUT2D eigenvalue weighted by atomic mass is 9.87. The normalized spacial score (nSPS) is 16.9. The number of rotatable bonds is 3. The van der Waals surface area contributed by atoms with Crippen molar-refractivity contribution in [3.63, 3.8) is 0 Å². The number of carbonyl (C=O) groups excluding carboxylic acids is 1. The molecule has 1 aliphatic rings. The molecule has 1 aromatic carbocycles. The van der Waals surface area contributed by atoms with Gasteiger partial charge in [0, 0.05) is 18.3 Å². The Kier molecular flexibility index (Phi) is 4.06. The van der Waals surface area contributed by atoms with Crippen LogP contribution in [0.15, 0.2) is 36.5 Å². The molecular formula is C17H19N3O2. The summed E-state index contributed by atoms with van der Waals surface area (Å²) in [6.45, 7) is 0.307. The van der Waals surface area contributed by atoms with Gasteiger partial charge in [-0.15, -0.1) is 0 Å². The van der Waals surface area contributed by atoms with Crippen molar-refractivity contribution in [1.29, 1.82) is 0 Å². The SMILES string of the molecule is NCc1cc(C(=O)NC2CCCc3c(O)cccc32)ccn1. The molecule has 1 heterocycles. The van der Waals surface area contributed by atoms with E-state index in [2.05, 4.69) is 10.3 Å². The van der Waals surface area contributed by atoms with Crippen LogP contribution in [0, 0.1) is 0 Å². The van der Waals surface area contributed by atoms with Crippen molar-refractivity contribution in [2.24, 2.45) is 5.73 Å². The van der Waals surface area contributed by atoms with Gasteiger partial charge in [-0.1, -0.05) is 12.1 Å². The van der Waals surface area contributed by atoms with Gasteiger partial charge in [-0.3, -0.25) is 9.78 Å². The van der Waals surface area contributed by atoms with E-state index in [1.54, 1.807) is 24.4 Å². The fourth-order valence-electron chi connectivity index (χ4n) is 2.95. The van der Waals surface area contributed by atoms with Gasteiger partial charge >= 0.3 is 0 Å². The molecule has 0 fully saturated rings. The van der Waals surface area contributed by atoms with Gasteiger partial charge in [-0.25, -0.2) is 0 Å². The Balaban J connectivity index is 1.82. The number of phenolic OH excluding ortho intramolecular Hbond substituents is 1. The highest BCUT2D eigenvalue weighted by Crippen LogP contribution is 2.34. The van der Waals surface area contributed by atoms with Crippen LogP contribution in [0.4, 0.5) is 0 Å². The van der Waals surface area contributed by atoms with Crippen LogP contribution in [0.2, 0.25) is 0 Å². The number of nitrogens with two attached hydrogens (primary N) is 1. The van der Waals surface area contributed by atoms with Gasteiger partial charge in [0.25, 0.3) is 5.91 Å². The van der Waals surface area contributed by atoms with E-state index >= 15 is 0 Å². The van der Waals surface area contributed by atoms with E-state index < -0.39 is 0 Å². The van der Waals surface area contributed by atoms with Crippen molar-refractivity contribution >= 4 is 5.91 Å². The lowest BCUT2D eigenvalue weighted by molar-refractivity contribution is 0.0932. The molecule has 0 saturated carbocycles. The number of amides is 1. The molecule has 1 unspecified atom stereocenters. The molecule has 3 rings (SSSR count). The van der Waals surface area contributed by atoms with Gasteiger partial charge in [-0.05, 0) is 48.6 Å². The predicted molar refractivity (Wildman–Crippen MR) is 83.4 cm³/mol. The van der Waals surface area contributed by atoms with Crippen LogP contribution in [0.3, 0.4) is 0 Å². The Hall–Kier alpha value is -2.40. The number of hydrogen-bond donors (Lipinski definition) is 3. The second kappa shape index (κ2) is 6.15. The number of aromatic nitrogens is 1. The Morgan fingerprint density at radius 2 is 2.27 bits per heavy atom. The van der Waals surface area contributed by atoms with Crippen LogP contribution >= 0.6 is 0 Å². The number of hydrogen-bond acceptors (Lipinski definition) is 4. The molecule has 1 amide bonds. The van der Waals surface area contributed by atoms with Crippen molar-refractivity contribution in [3.05, 3.63) is 58.9 Å². The number of phenols is 1. The van der Waals surface area contributed by atoms with Crippen molar-refractivity contribution < 1.29 is 9.90 Å². The minimum absolute atomic E-state index is 0.0714. The quantitative estimate of drug-likeness (QED) is 0.809. The van der Waals surface area contributed by atoms with Crippen molar-refractivity contribution in [2.45, 2.75) is 31.8 Å². The topological polar surface area (TPSA) is 88.2 Å². The highest BCUT2D eigenvalue weighted by molar-refractivity contribution is 5.94. The third-order valence-corrected chi connectivity index (χ3v) is 4.08. The summed E-state index contributed by atoms with van der Waals surface area (Å²) in [6, 6.07) is 8.80. The fourth-order valence-corrected chi connectivity index (χ4v) is 2.95. The Labute approximate surface area is 129 Å². The monoisotopic (exact) mass is 297 g/mol. The first kappa shape index (κ1) is 14.5. The van der Waals surface area contributed by atoms with Crippen LogP contribution in [0.25, 0.3) is 0 Å². The molecule has 4 N–H and O–H groups in total. The molecule has 1 aromatic heterocycles. The number of benzene rings is 1. The Morgan fingerprint density at radius 1 is 1.41 bits per heavy atom. The molecule has 0 bridgehead atoms. The molecule has 0 spiro atoms. The fraction of sp³-hybridized carbons (Fsp3) is 0.294. The maximum Gasteiger partial charge on any atom is 0.251 e. The van der Waals surface area contributed by atoms with E-state index in [0.29, 0.717) is 23.6 Å². The molecule has 1 atom stereocenters. The lowest BCUT2D eigenvalue weighted by Gasteiger charge is -2.27. The minimum Gasteiger partial charge on any atom is -0.508 e. The maximum atomic E-state index is 12.4. The number of nitrogens with one attached hydrogen (secondary N) is 1. The summed E-state index contributed by atoms with van der Waals surface area (Å²) in [6.07, 6.45) is 4.26. The lowest BCUT2D eigenvalue weighted by Crippen LogP contribution is -2.31. The first-order valence-corrected chi connectivity index (χ1v) is 7.45. The summed E-state index contributed by atoms with van der Waals surface area (Å²) in [5.41, 5.74) is 8.76. The Morgan fingerprint density at radius 3 is 3.09 bits per heavy atom. The van der Waals surface area contributed by atoms with Crippen LogP contribution in [-0.4, -0.2) is 16.0 Å². The van der Waals surface area contributed by atoms with Crippen LogP contribution in [0.5, 0.6) is 5.75 Å². The van der Waals surface area contributed by atoms with Gasteiger partial charge in [0.1, 0.15) is 5.75 Å². The third kappa shape index (κ3) is 2.80. The summed E-state index contributed by atoms with van der Waals surface area (Å²) >= 11 is 0. The van der Waals surface area contributed by atoms with Gasteiger partial charge in [0.05, 0.1) is 11.7 Å². The molecule has 0 radical (unpaired) electrons. The number of carbonyl (C=O) groups is 1. The predicted octanol–water partition coefficient (Wildman–Crippen LogP) is 2.05. The van der Waals surface area contributed by atoms with Crippen LogP contribution < -0.4 is 11.1 Å². The van der Waals surface area contributed by atoms with Gasteiger partial charge < -0.3 is 16.2 Å². The average Bonchev–Trinajstić information content (AvgIpc) is 2.56. The second-order valence-corrected chi connectivity index (χ2v) is 5.50. The van der Waals surface area contributed by atoms with Crippen LogP contribution in [-0.2, 0) is 13.0 Å². The van der Waals surface area contributed by atoms with Crippen molar-refractivity contribution in [1.82, 2.24) is 10.3 Å². The molecule has 1 aliphatic carbocycles. The summed E-state index contributed by atoms with van der Waals surface area (Å²) in [5, 5.41) is 13.0. The summed E-state index contributed by atoms with van der Waals surface area (Å²) in [5.74, 6) is 0.170. The maximum absolute atomic E-state index is 12.4. The van der Waals surface area contributed by atoms with E-state index in [-0.39, 0.29) is 11.9 Å². The third-order valence-electron chi connectivity index (χ3n) is 4.08. The molecule has 5 nitrogen and oxygen atoms in total. The number of aromatic hydroxyl groups is 1. The van der Waals surface area contributed by atoms with Gasteiger partial charge in [0.15, 0.2) is 0 Å². The van der Waals surface area contributed by atoms with E-state index in [0.717, 1.165) is 30.4 Å². The Bertz CT molecular complexity index is 700. The van der Waals surface area contributed by atoms with Crippen molar-refractivity contribution in [3.8, 4) is 5.75 Å². The summed E-state index contributed by atoms with van der Waals surface area (Å²) in [7, 11) is 0. The zero-order valence-electron chi connectivity index (χ0n) is 12.2. The number of nitrogens with zero attached hydrogens (tertiary/aromatic N) is 1. The van der Waals surface area contributed by atoms with Gasteiger partial charge in [0.2, 0.25) is 0 Å². The first-order chi connectivity index (χ1) is 10.7. The number of pyridine rings is 1. The highest BCUT2D eigenvalue weighted by atomic mass is 16.3. The van der Waals surface area contributed by atoms with Gasteiger partial charge in [-0.2, -0.15) is 0 Å². The smallest absolute Gasteiger partial charge is 0.251 e. The van der Waals surface area contributed by atoms with Crippen LogP contribution in [0.1, 0.15) is 46.1 Å². The molecule has 114 valence electrons. The second-order valence-electron chi connectivity index (χ2n) is 5.50. The zero-order valence-corrected chi connectivity index (χ0v) is 12.2. The standard InChI is InChI=1S/C17H19N3O2/c18-10-12-9-11(7-8-19-12)17(22)20-15-5-1-4-14-13(15)3-2-6-16(14)21/h2-3,6-9,15,21H,1,4-5,10,18H2,(H,20,22). The first-order valence-electron chi connectivity index (χ1n) is 7.45. The zero-order chi connectivity index (χ0) is 15.5. The van der Waals surface area contributed by atoms with E-state index in [1.807, 2.05) is 12.1 Å². The summed E-state index contributed by atoms with van der Waals surface area (Å²) < 4.78 is 0. The molecule has 0 saturated heterocycles. The summed E-state index contributed by atoms with van der Waals surface area (Å²) in [4.78, 5) is 16.5.